The Bertz CT molecular complexity index is 666. The van der Waals surface area contributed by atoms with Crippen LogP contribution in [0.15, 0.2) is 5.38 Å². The molecule has 0 saturated carbocycles. The first-order chi connectivity index (χ1) is 11.1. The number of aryl methyl sites for hydroxylation is 1. The molecule has 7 nitrogen and oxygen atoms in total. The van der Waals surface area contributed by atoms with Crippen molar-refractivity contribution in [2.75, 3.05) is 25.5 Å². The van der Waals surface area contributed by atoms with Crippen LogP contribution in [0.2, 0.25) is 0 Å². The molecular formula is C14H19N5O2S2. The van der Waals surface area contributed by atoms with Gasteiger partial charge in [-0.1, -0.05) is 11.3 Å². The molecule has 1 aliphatic rings. The number of carbonyl (C=O) groups is 1. The lowest BCUT2D eigenvalue weighted by atomic mass is 10.2. The molecule has 0 radical (unpaired) electrons. The van der Waals surface area contributed by atoms with Crippen molar-refractivity contribution in [2.45, 2.75) is 32.4 Å². The topological polar surface area (TPSA) is 80.2 Å². The van der Waals surface area contributed by atoms with E-state index in [1.165, 1.54) is 11.3 Å². The van der Waals surface area contributed by atoms with Crippen molar-refractivity contribution in [1.29, 1.82) is 0 Å². The van der Waals surface area contributed by atoms with Gasteiger partial charge in [-0.15, -0.1) is 21.5 Å². The summed E-state index contributed by atoms with van der Waals surface area (Å²) in [6.07, 6.45) is 2.06. The minimum Gasteiger partial charge on any atom is -0.371 e. The summed E-state index contributed by atoms with van der Waals surface area (Å²) in [5, 5.41) is 15.3. The minimum atomic E-state index is -0.101. The zero-order chi connectivity index (χ0) is 16.2. The SMILES string of the molecule is Cc1csc(CN(C)CC(=O)Nc2nnc(C3CCCO3)s2)n1. The third kappa shape index (κ3) is 4.54. The van der Waals surface area contributed by atoms with Crippen LogP contribution in [-0.4, -0.2) is 46.2 Å². The third-order valence-corrected chi connectivity index (χ3v) is 5.26. The standard InChI is InChI=1S/C14H19N5O2S2/c1-9-8-22-12(15-9)7-19(2)6-11(20)16-14-18-17-13(23-14)10-4-3-5-21-10/h8,10H,3-7H2,1-2H3,(H,16,18,20). The normalized spacial score (nSPS) is 17.8. The largest absolute Gasteiger partial charge is 0.371 e. The van der Waals surface area contributed by atoms with Crippen LogP contribution in [0.4, 0.5) is 5.13 Å². The number of hydrogen-bond acceptors (Lipinski definition) is 8. The Labute approximate surface area is 142 Å². The van der Waals surface area contributed by atoms with Gasteiger partial charge in [0.05, 0.1) is 13.1 Å². The van der Waals surface area contributed by atoms with Crippen LogP contribution < -0.4 is 5.32 Å². The summed E-state index contributed by atoms with van der Waals surface area (Å²) in [7, 11) is 1.90. The Morgan fingerprint density at radius 2 is 2.39 bits per heavy atom. The number of carbonyl (C=O) groups excluding carboxylic acids is 1. The summed E-state index contributed by atoms with van der Waals surface area (Å²) in [6.45, 7) is 3.68. The van der Waals surface area contributed by atoms with Crippen LogP contribution in [0, 0.1) is 6.92 Å². The Balaban J connectivity index is 1.48. The average molecular weight is 353 g/mol. The van der Waals surface area contributed by atoms with Crippen molar-refractivity contribution < 1.29 is 9.53 Å². The predicted molar refractivity (Wildman–Crippen MR) is 89.7 cm³/mol. The van der Waals surface area contributed by atoms with Crippen LogP contribution in [0.1, 0.15) is 34.7 Å². The average Bonchev–Trinajstić information content (AvgIpc) is 3.19. The zero-order valence-electron chi connectivity index (χ0n) is 13.1. The highest BCUT2D eigenvalue weighted by atomic mass is 32.1. The van der Waals surface area contributed by atoms with E-state index in [-0.39, 0.29) is 18.6 Å². The maximum Gasteiger partial charge on any atom is 0.240 e. The maximum absolute atomic E-state index is 12.1. The van der Waals surface area contributed by atoms with Crippen molar-refractivity contribution >= 4 is 33.7 Å². The molecule has 3 rings (SSSR count). The third-order valence-electron chi connectivity index (χ3n) is 3.38. The number of hydrogen-bond donors (Lipinski definition) is 1. The zero-order valence-corrected chi connectivity index (χ0v) is 14.7. The molecule has 1 aliphatic heterocycles. The lowest BCUT2D eigenvalue weighted by Gasteiger charge is -2.13. The predicted octanol–water partition coefficient (Wildman–Crippen LogP) is 2.23. The Morgan fingerprint density at radius 1 is 1.52 bits per heavy atom. The molecule has 9 heteroatoms. The van der Waals surface area contributed by atoms with Crippen LogP contribution in [0.25, 0.3) is 0 Å². The number of anilines is 1. The van der Waals surface area contributed by atoms with Crippen LogP contribution in [0.5, 0.6) is 0 Å². The molecule has 3 heterocycles. The summed E-state index contributed by atoms with van der Waals surface area (Å²) >= 11 is 2.99. The van der Waals surface area contributed by atoms with Gasteiger partial charge in [-0.25, -0.2) is 4.98 Å². The molecule has 2 aromatic heterocycles. The molecular weight excluding hydrogens is 334 g/mol. The van der Waals surface area contributed by atoms with Gasteiger partial charge in [0, 0.05) is 17.7 Å². The van der Waals surface area contributed by atoms with E-state index in [1.54, 1.807) is 11.3 Å². The van der Waals surface area contributed by atoms with Crippen molar-refractivity contribution in [3.63, 3.8) is 0 Å². The van der Waals surface area contributed by atoms with Gasteiger partial charge in [-0.2, -0.15) is 0 Å². The Kier molecular flexibility index (Phi) is 5.31. The van der Waals surface area contributed by atoms with E-state index >= 15 is 0 Å². The number of thiazole rings is 1. The fourth-order valence-corrected chi connectivity index (χ4v) is 4.05. The molecule has 0 spiro atoms. The fraction of sp³-hybridized carbons (Fsp3) is 0.571. The lowest BCUT2D eigenvalue weighted by Crippen LogP contribution is -2.29. The van der Waals surface area contributed by atoms with Gasteiger partial charge in [-0.3, -0.25) is 15.0 Å². The summed E-state index contributed by atoms with van der Waals surface area (Å²) in [6, 6.07) is 0. The quantitative estimate of drug-likeness (QED) is 0.858. The van der Waals surface area contributed by atoms with Crippen molar-refractivity contribution in [2.24, 2.45) is 0 Å². The van der Waals surface area contributed by atoms with E-state index in [4.69, 9.17) is 4.74 Å². The van der Waals surface area contributed by atoms with E-state index in [0.29, 0.717) is 11.7 Å². The second kappa shape index (κ2) is 7.43. The van der Waals surface area contributed by atoms with E-state index in [9.17, 15) is 4.79 Å². The second-order valence-corrected chi connectivity index (χ2v) is 7.50. The first-order valence-electron chi connectivity index (χ1n) is 7.44. The Hall–Kier alpha value is -1.42. The van der Waals surface area contributed by atoms with E-state index in [0.717, 1.165) is 35.2 Å². The van der Waals surface area contributed by atoms with E-state index < -0.39 is 0 Å². The number of amides is 1. The summed E-state index contributed by atoms with van der Waals surface area (Å²) in [5.74, 6) is -0.101. The number of likely N-dealkylation sites (N-methyl/N-ethyl adjacent to an activating group) is 1. The second-order valence-electron chi connectivity index (χ2n) is 5.55. The molecule has 23 heavy (non-hydrogen) atoms. The highest BCUT2D eigenvalue weighted by molar-refractivity contribution is 7.15. The first-order valence-corrected chi connectivity index (χ1v) is 9.14. The molecule has 1 atom stereocenters. The summed E-state index contributed by atoms with van der Waals surface area (Å²) in [5.41, 5.74) is 1.01. The molecule has 2 aromatic rings. The Morgan fingerprint density at radius 3 is 3.09 bits per heavy atom. The number of ether oxygens (including phenoxy) is 1. The highest BCUT2D eigenvalue weighted by Crippen LogP contribution is 2.31. The molecule has 1 fully saturated rings. The van der Waals surface area contributed by atoms with Gasteiger partial charge < -0.3 is 4.74 Å². The van der Waals surface area contributed by atoms with Gasteiger partial charge >= 0.3 is 0 Å². The van der Waals surface area contributed by atoms with Gasteiger partial charge in [0.1, 0.15) is 16.1 Å². The van der Waals surface area contributed by atoms with Gasteiger partial charge in [0.15, 0.2) is 0 Å². The molecule has 1 unspecified atom stereocenters. The monoisotopic (exact) mass is 353 g/mol. The fourth-order valence-electron chi connectivity index (χ4n) is 2.35. The smallest absolute Gasteiger partial charge is 0.240 e. The van der Waals surface area contributed by atoms with Gasteiger partial charge in [0.25, 0.3) is 0 Å². The van der Waals surface area contributed by atoms with Gasteiger partial charge in [-0.05, 0) is 26.8 Å². The van der Waals surface area contributed by atoms with Crippen LogP contribution in [0.3, 0.4) is 0 Å². The molecule has 0 aromatic carbocycles. The maximum atomic E-state index is 12.1. The molecule has 1 N–H and O–H groups in total. The minimum absolute atomic E-state index is 0.0361. The van der Waals surface area contributed by atoms with Crippen molar-refractivity contribution in [1.82, 2.24) is 20.1 Å². The van der Waals surface area contributed by atoms with E-state index in [2.05, 4.69) is 20.5 Å². The van der Waals surface area contributed by atoms with Crippen molar-refractivity contribution in [3.05, 3.63) is 21.1 Å². The number of aromatic nitrogens is 3. The molecule has 124 valence electrons. The summed E-state index contributed by atoms with van der Waals surface area (Å²) < 4.78 is 5.57. The molecule has 0 bridgehead atoms. The van der Waals surface area contributed by atoms with E-state index in [1.807, 2.05) is 24.3 Å². The lowest BCUT2D eigenvalue weighted by molar-refractivity contribution is -0.117. The number of nitrogens with one attached hydrogen (secondary N) is 1. The molecule has 1 amide bonds. The summed E-state index contributed by atoms with van der Waals surface area (Å²) in [4.78, 5) is 18.4. The highest BCUT2D eigenvalue weighted by Gasteiger charge is 2.22. The first kappa shape index (κ1) is 16.4. The number of nitrogens with zero attached hydrogens (tertiary/aromatic N) is 4. The number of rotatable bonds is 6. The molecule has 0 aliphatic carbocycles. The van der Waals surface area contributed by atoms with Crippen molar-refractivity contribution in [3.8, 4) is 0 Å². The molecule has 1 saturated heterocycles. The van der Waals surface area contributed by atoms with Crippen LogP contribution >= 0.6 is 22.7 Å². The van der Waals surface area contributed by atoms with Crippen LogP contribution in [-0.2, 0) is 16.1 Å². The van der Waals surface area contributed by atoms with Gasteiger partial charge in [0.2, 0.25) is 11.0 Å².